The second-order valence-electron chi connectivity index (χ2n) is 4.30. The van der Waals surface area contributed by atoms with E-state index in [1.165, 1.54) is 18.2 Å². The van der Waals surface area contributed by atoms with Crippen LogP contribution >= 0.6 is 0 Å². The highest BCUT2D eigenvalue weighted by molar-refractivity contribution is 5.38. The number of hydrogen-bond acceptors (Lipinski definition) is 1. The van der Waals surface area contributed by atoms with Crippen LogP contribution in [0.25, 0.3) is 0 Å². The quantitative estimate of drug-likeness (QED) is 0.884. The smallest absolute Gasteiger partial charge is 0.126 e. The first-order valence-electron chi connectivity index (χ1n) is 5.84. The first kappa shape index (κ1) is 12.7. The monoisotopic (exact) mass is 247 g/mol. The first-order chi connectivity index (χ1) is 8.63. The highest BCUT2D eigenvalue weighted by Crippen LogP contribution is 2.27. The highest BCUT2D eigenvalue weighted by atomic mass is 19.1. The maximum atomic E-state index is 13.6. The van der Waals surface area contributed by atoms with Crippen molar-refractivity contribution in [3.05, 3.63) is 70.8 Å². The maximum absolute atomic E-state index is 13.6. The average Bonchev–Trinajstić information content (AvgIpc) is 2.35. The van der Waals surface area contributed by atoms with E-state index in [4.69, 9.17) is 5.73 Å². The lowest BCUT2D eigenvalue weighted by Crippen LogP contribution is -2.15. The molecule has 1 atom stereocenters. The summed E-state index contributed by atoms with van der Waals surface area (Å²) >= 11 is 0. The van der Waals surface area contributed by atoms with Crippen LogP contribution < -0.4 is 5.73 Å². The van der Waals surface area contributed by atoms with E-state index in [2.05, 4.69) is 0 Å². The number of hydrogen-bond donors (Lipinski definition) is 1. The molecule has 0 aliphatic rings. The van der Waals surface area contributed by atoms with E-state index in [0.29, 0.717) is 12.1 Å². The Morgan fingerprint density at radius 3 is 2.50 bits per heavy atom. The van der Waals surface area contributed by atoms with Gasteiger partial charge in [-0.2, -0.15) is 0 Å². The second kappa shape index (κ2) is 5.27. The Morgan fingerprint density at radius 1 is 1.11 bits per heavy atom. The van der Waals surface area contributed by atoms with Crippen LogP contribution in [0, 0.1) is 18.6 Å². The van der Waals surface area contributed by atoms with Crippen molar-refractivity contribution in [1.82, 2.24) is 0 Å². The van der Waals surface area contributed by atoms with Gasteiger partial charge < -0.3 is 5.73 Å². The van der Waals surface area contributed by atoms with E-state index in [1.807, 2.05) is 12.1 Å². The van der Waals surface area contributed by atoms with E-state index >= 15 is 0 Å². The molecule has 0 bridgehead atoms. The lowest BCUT2D eigenvalue weighted by Gasteiger charge is -2.18. The molecule has 0 saturated heterocycles. The molecule has 94 valence electrons. The lowest BCUT2D eigenvalue weighted by molar-refractivity contribution is 0.610. The van der Waals surface area contributed by atoms with Crippen molar-refractivity contribution < 1.29 is 8.78 Å². The molecule has 3 heteroatoms. The van der Waals surface area contributed by atoms with Gasteiger partial charge in [0.25, 0.3) is 0 Å². The molecule has 0 aromatic heterocycles. The molecule has 0 aliphatic carbocycles. The Labute approximate surface area is 105 Å². The SMILES string of the molecule is Cc1c(F)cccc1C(CN)c1cccc(F)c1. The first-order valence-corrected chi connectivity index (χ1v) is 5.84. The Hall–Kier alpha value is -1.74. The number of benzene rings is 2. The Kier molecular flexibility index (Phi) is 3.72. The van der Waals surface area contributed by atoms with Gasteiger partial charge in [-0.3, -0.25) is 0 Å². The van der Waals surface area contributed by atoms with Crippen molar-refractivity contribution in [2.45, 2.75) is 12.8 Å². The molecule has 18 heavy (non-hydrogen) atoms. The lowest BCUT2D eigenvalue weighted by atomic mass is 9.88. The minimum atomic E-state index is -0.306. The fourth-order valence-electron chi connectivity index (χ4n) is 2.17. The largest absolute Gasteiger partial charge is 0.330 e. The Balaban J connectivity index is 2.49. The second-order valence-corrected chi connectivity index (χ2v) is 4.30. The van der Waals surface area contributed by atoms with Gasteiger partial charge in [-0.25, -0.2) is 8.78 Å². The minimum absolute atomic E-state index is 0.184. The predicted molar refractivity (Wildman–Crippen MR) is 68.4 cm³/mol. The van der Waals surface area contributed by atoms with Crippen LogP contribution in [0.4, 0.5) is 8.78 Å². The standard InChI is InChI=1S/C15H15F2N/c1-10-13(6-3-7-15(10)17)14(9-18)11-4-2-5-12(16)8-11/h2-8,14H,9,18H2,1H3. The minimum Gasteiger partial charge on any atom is -0.330 e. The molecule has 0 radical (unpaired) electrons. The molecule has 0 saturated carbocycles. The predicted octanol–water partition coefficient (Wildman–Crippen LogP) is 3.36. The Morgan fingerprint density at radius 2 is 1.83 bits per heavy atom. The third kappa shape index (κ3) is 2.41. The van der Waals surface area contributed by atoms with Gasteiger partial charge in [-0.05, 0) is 41.8 Å². The van der Waals surface area contributed by atoms with Crippen LogP contribution in [0.3, 0.4) is 0 Å². The summed E-state index contributed by atoms with van der Waals surface area (Å²) in [5.74, 6) is -0.751. The van der Waals surface area contributed by atoms with Gasteiger partial charge in [0.2, 0.25) is 0 Å². The normalized spacial score (nSPS) is 12.4. The van der Waals surface area contributed by atoms with Crippen LogP contribution in [0.15, 0.2) is 42.5 Å². The summed E-state index contributed by atoms with van der Waals surface area (Å²) in [5.41, 5.74) is 7.91. The number of nitrogens with two attached hydrogens (primary N) is 1. The molecule has 2 N–H and O–H groups in total. The molecule has 0 fully saturated rings. The molecule has 1 unspecified atom stereocenters. The number of rotatable bonds is 3. The zero-order valence-electron chi connectivity index (χ0n) is 10.2. The van der Waals surface area contributed by atoms with Crippen molar-refractivity contribution in [3.63, 3.8) is 0 Å². The van der Waals surface area contributed by atoms with E-state index < -0.39 is 0 Å². The van der Waals surface area contributed by atoms with E-state index in [-0.39, 0.29) is 17.6 Å². The fraction of sp³-hybridized carbons (Fsp3) is 0.200. The zero-order chi connectivity index (χ0) is 13.1. The topological polar surface area (TPSA) is 26.0 Å². The summed E-state index contributed by atoms with van der Waals surface area (Å²) < 4.78 is 26.8. The number of halogens is 2. The van der Waals surface area contributed by atoms with Crippen molar-refractivity contribution in [2.75, 3.05) is 6.54 Å². The Bertz CT molecular complexity index is 552. The molecule has 2 aromatic rings. The summed E-state index contributed by atoms with van der Waals surface area (Å²) in [4.78, 5) is 0. The van der Waals surface area contributed by atoms with Gasteiger partial charge in [0.1, 0.15) is 11.6 Å². The summed E-state index contributed by atoms with van der Waals surface area (Å²) in [7, 11) is 0. The van der Waals surface area contributed by atoms with Crippen molar-refractivity contribution >= 4 is 0 Å². The fourth-order valence-corrected chi connectivity index (χ4v) is 2.17. The van der Waals surface area contributed by atoms with Gasteiger partial charge in [-0.15, -0.1) is 0 Å². The molecule has 2 rings (SSSR count). The maximum Gasteiger partial charge on any atom is 0.126 e. The summed E-state index contributed by atoms with van der Waals surface area (Å²) in [6.07, 6.45) is 0. The third-order valence-electron chi connectivity index (χ3n) is 3.17. The van der Waals surface area contributed by atoms with Gasteiger partial charge in [-0.1, -0.05) is 24.3 Å². The molecule has 2 aromatic carbocycles. The van der Waals surface area contributed by atoms with Crippen molar-refractivity contribution in [1.29, 1.82) is 0 Å². The van der Waals surface area contributed by atoms with Gasteiger partial charge in [0.15, 0.2) is 0 Å². The van der Waals surface area contributed by atoms with E-state index in [9.17, 15) is 8.78 Å². The molecular formula is C15H15F2N. The molecular weight excluding hydrogens is 232 g/mol. The van der Waals surface area contributed by atoms with Crippen LogP contribution in [0.1, 0.15) is 22.6 Å². The third-order valence-corrected chi connectivity index (χ3v) is 3.17. The van der Waals surface area contributed by atoms with Crippen LogP contribution in [0.2, 0.25) is 0 Å². The van der Waals surface area contributed by atoms with Gasteiger partial charge >= 0.3 is 0 Å². The van der Waals surface area contributed by atoms with E-state index in [1.54, 1.807) is 19.1 Å². The highest BCUT2D eigenvalue weighted by Gasteiger charge is 2.16. The molecule has 0 aliphatic heterocycles. The van der Waals surface area contributed by atoms with Crippen molar-refractivity contribution in [2.24, 2.45) is 5.73 Å². The van der Waals surface area contributed by atoms with E-state index in [0.717, 1.165) is 11.1 Å². The van der Waals surface area contributed by atoms with Gasteiger partial charge in [0, 0.05) is 12.5 Å². The zero-order valence-corrected chi connectivity index (χ0v) is 10.2. The molecule has 0 heterocycles. The summed E-state index contributed by atoms with van der Waals surface area (Å²) in [6.45, 7) is 2.03. The van der Waals surface area contributed by atoms with Crippen LogP contribution in [0.5, 0.6) is 0 Å². The van der Waals surface area contributed by atoms with Crippen LogP contribution in [-0.2, 0) is 0 Å². The van der Waals surface area contributed by atoms with Crippen LogP contribution in [-0.4, -0.2) is 6.54 Å². The summed E-state index contributed by atoms with van der Waals surface area (Å²) in [6, 6.07) is 11.2. The van der Waals surface area contributed by atoms with Crippen molar-refractivity contribution in [3.8, 4) is 0 Å². The molecule has 0 spiro atoms. The van der Waals surface area contributed by atoms with Gasteiger partial charge in [0.05, 0.1) is 0 Å². The molecule has 0 amide bonds. The average molecular weight is 247 g/mol. The molecule has 1 nitrogen and oxygen atoms in total. The summed E-state index contributed by atoms with van der Waals surface area (Å²) in [5, 5.41) is 0.